The van der Waals surface area contributed by atoms with Gasteiger partial charge in [-0.05, 0) is 39.2 Å². The number of carbonyl (C=O) groups is 1. The van der Waals surface area contributed by atoms with Crippen molar-refractivity contribution in [1.29, 1.82) is 0 Å². The molecule has 29 heavy (non-hydrogen) atoms. The van der Waals surface area contributed by atoms with E-state index in [0.717, 1.165) is 75.6 Å². The van der Waals surface area contributed by atoms with Crippen molar-refractivity contribution in [2.75, 3.05) is 26.2 Å². The molecule has 0 spiro atoms. The zero-order valence-electron chi connectivity index (χ0n) is 17.1. The Morgan fingerprint density at radius 1 is 1.10 bits per heavy atom. The van der Waals surface area contributed by atoms with Crippen molar-refractivity contribution in [2.45, 2.75) is 46.1 Å². The van der Waals surface area contributed by atoms with Crippen LogP contribution in [0.25, 0.3) is 10.2 Å². The van der Waals surface area contributed by atoms with Crippen LogP contribution in [0.5, 0.6) is 0 Å². The van der Waals surface area contributed by atoms with Crippen molar-refractivity contribution < 1.29 is 4.79 Å². The Hall–Kier alpha value is -1.90. The molecule has 1 saturated carbocycles. The Morgan fingerprint density at radius 3 is 2.52 bits per heavy atom. The number of thiophene rings is 1. The molecule has 1 aliphatic heterocycles. The second kappa shape index (κ2) is 7.41. The van der Waals surface area contributed by atoms with Gasteiger partial charge in [0.05, 0.1) is 21.3 Å². The number of amides is 1. The van der Waals surface area contributed by atoms with E-state index in [0.29, 0.717) is 5.92 Å². The van der Waals surface area contributed by atoms with Crippen LogP contribution in [-0.4, -0.2) is 56.8 Å². The van der Waals surface area contributed by atoms with Crippen LogP contribution in [0.4, 0.5) is 0 Å². The number of piperazine rings is 1. The molecule has 6 nitrogen and oxygen atoms in total. The maximum atomic E-state index is 13.3. The molecule has 2 aliphatic rings. The Morgan fingerprint density at radius 2 is 1.86 bits per heavy atom. The van der Waals surface area contributed by atoms with Crippen molar-refractivity contribution in [2.24, 2.45) is 0 Å². The van der Waals surface area contributed by atoms with Gasteiger partial charge in [-0.15, -0.1) is 22.7 Å². The highest BCUT2D eigenvalue weighted by molar-refractivity contribution is 7.20. The number of carbonyl (C=O) groups excluding carboxylic acids is 1. The summed E-state index contributed by atoms with van der Waals surface area (Å²) in [7, 11) is 0. The number of fused-ring (bicyclic) bond motifs is 1. The molecule has 5 rings (SSSR count). The van der Waals surface area contributed by atoms with Crippen LogP contribution in [0.1, 0.15) is 56.2 Å². The van der Waals surface area contributed by atoms with Gasteiger partial charge >= 0.3 is 0 Å². The van der Waals surface area contributed by atoms with Gasteiger partial charge in [-0.25, -0.2) is 15.0 Å². The summed E-state index contributed by atoms with van der Waals surface area (Å²) in [5.74, 6) is 1.62. The Kier molecular flexibility index (Phi) is 4.88. The van der Waals surface area contributed by atoms with Crippen molar-refractivity contribution in [3.63, 3.8) is 0 Å². The summed E-state index contributed by atoms with van der Waals surface area (Å²) in [5.41, 5.74) is 3.18. The first-order chi connectivity index (χ1) is 14.0. The molecule has 0 bridgehead atoms. The number of rotatable bonds is 4. The highest BCUT2D eigenvalue weighted by Crippen LogP contribution is 2.40. The minimum absolute atomic E-state index is 0.141. The molecular formula is C21H25N5OS2. The minimum Gasteiger partial charge on any atom is -0.335 e. The highest BCUT2D eigenvalue weighted by atomic mass is 32.1. The van der Waals surface area contributed by atoms with Crippen molar-refractivity contribution in [3.8, 4) is 0 Å². The number of aromatic nitrogens is 3. The van der Waals surface area contributed by atoms with Crippen LogP contribution >= 0.6 is 22.7 Å². The van der Waals surface area contributed by atoms with Gasteiger partial charge in [-0.1, -0.05) is 0 Å². The van der Waals surface area contributed by atoms with Gasteiger partial charge in [0.25, 0.3) is 5.91 Å². The lowest BCUT2D eigenvalue weighted by atomic mass is 10.1. The minimum atomic E-state index is 0.141. The number of thiazole rings is 1. The van der Waals surface area contributed by atoms with E-state index in [1.54, 1.807) is 22.7 Å². The average Bonchev–Trinajstić information content (AvgIpc) is 3.40. The van der Waals surface area contributed by atoms with Crippen LogP contribution in [-0.2, 0) is 6.54 Å². The lowest BCUT2D eigenvalue weighted by Gasteiger charge is -2.34. The van der Waals surface area contributed by atoms with Gasteiger partial charge in [-0.2, -0.15) is 0 Å². The van der Waals surface area contributed by atoms with Crippen molar-refractivity contribution >= 4 is 38.8 Å². The van der Waals surface area contributed by atoms with E-state index >= 15 is 0 Å². The predicted molar refractivity (Wildman–Crippen MR) is 117 cm³/mol. The first kappa shape index (κ1) is 19.1. The number of hydrogen-bond donors (Lipinski definition) is 0. The van der Waals surface area contributed by atoms with Crippen LogP contribution < -0.4 is 0 Å². The van der Waals surface area contributed by atoms with Gasteiger partial charge < -0.3 is 4.90 Å². The molecule has 0 aromatic carbocycles. The third-order valence-corrected chi connectivity index (χ3v) is 7.83. The normalized spacial score (nSPS) is 18.0. The first-order valence-corrected chi connectivity index (χ1v) is 11.9. The molecule has 8 heteroatoms. The molecular weight excluding hydrogens is 402 g/mol. The van der Waals surface area contributed by atoms with Gasteiger partial charge in [0.2, 0.25) is 0 Å². The lowest BCUT2D eigenvalue weighted by Crippen LogP contribution is -2.48. The summed E-state index contributed by atoms with van der Waals surface area (Å²) in [4.78, 5) is 33.5. The highest BCUT2D eigenvalue weighted by Gasteiger charge is 2.30. The molecule has 1 saturated heterocycles. The van der Waals surface area contributed by atoms with E-state index in [4.69, 9.17) is 9.97 Å². The Balaban J connectivity index is 1.31. The summed E-state index contributed by atoms with van der Waals surface area (Å²) >= 11 is 3.24. The van der Waals surface area contributed by atoms with E-state index in [2.05, 4.69) is 15.3 Å². The fourth-order valence-corrected chi connectivity index (χ4v) is 5.86. The molecule has 1 aliphatic carbocycles. The molecule has 0 unspecified atom stereocenters. The maximum absolute atomic E-state index is 13.3. The Bertz CT molecular complexity index is 1080. The second-order valence-corrected chi connectivity index (χ2v) is 10.2. The number of nitrogens with zero attached hydrogens (tertiary/aromatic N) is 5. The first-order valence-electron chi connectivity index (χ1n) is 10.2. The standard InChI is InChI=1S/C21H25N5OS2/c1-12-17-13(2)22-19(15-4-5-15)24-20(17)29-18(12)21(27)26-8-6-25(7-9-26)10-16-11-28-14(3)23-16/h11,15H,4-10H2,1-3H3. The quantitative estimate of drug-likeness (QED) is 0.632. The second-order valence-electron chi connectivity index (χ2n) is 8.10. The van der Waals surface area contributed by atoms with Gasteiger partial charge in [0.1, 0.15) is 10.7 Å². The Labute approximate surface area is 178 Å². The van der Waals surface area contributed by atoms with E-state index in [-0.39, 0.29) is 5.91 Å². The molecule has 0 radical (unpaired) electrons. The monoisotopic (exact) mass is 427 g/mol. The SMILES string of the molecule is Cc1nc(CN2CCN(C(=O)c3sc4nc(C5CC5)nc(C)c4c3C)CC2)cs1. The predicted octanol–water partition coefficient (Wildman–Crippen LogP) is 3.91. The average molecular weight is 428 g/mol. The van der Waals surface area contributed by atoms with E-state index < -0.39 is 0 Å². The molecule has 0 atom stereocenters. The van der Waals surface area contributed by atoms with Crippen LogP contribution in [0.3, 0.4) is 0 Å². The topological polar surface area (TPSA) is 62.2 Å². The lowest BCUT2D eigenvalue weighted by molar-refractivity contribution is 0.0631. The zero-order chi connectivity index (χ0) is 20.1. The molecule has 3 aromatic rings. The largest absolute Gasteiger partial charge is 0.335 e. The van der Waals surface area contributed by atoms with Gasteiger partial charge in [0.15, 0.2) is 0 Å². The summed E-state index contributed by atoms with van der Waals surface area (Å²) in [6.07, 6.45) is 2.37. The van der Waals surface area contributed by atoms with Gasteiger partial charge in [0, 0.05) is 49.4 Å². The summed E-state index contributed by atoms with van der Waals surface area (Å²) in [6, 6.07) is 0. The van der Waals surface area contributed by atoms with E-state index in [9.17, 15) is 4.79 Å². The van der Waals surface area contributed by atoms with Gasteiger partial charge in [-0.3, -0.25) is 9.69 Å². The number of aryl methyl sites for hydroxylation is 3. The molecule has 3 aromatic heterocycles. The molecule has 152 valence electrons. The van der Waals surface area contributed by atoms with Crippen LogP contribution in [0.15, 0.2) is 5.38 Å². The smallest absolute Gasteiger partial charge is 0.264 e. The summed E-state index contributed by atoms with van der Waals surface area (Å²) in [5, 5.41) is 4.31. The molecule has 4 heterocycles. The summed E-state index contributed by atoms with van der Waals surface area (Å²) in [6.45, 7) is 10.3. The molecule has 2 fully saturated rings. The van der Waals surface area contributed by atoms with E-state index in [1.807, 2.05) is 25.7 Å². The van der Waals surface area contributed by atoms with Crippen molar-refractivity contribution in [1.82, 2.24) is 24.8 Å². The third kappa shape index (κ3) is 3.69. The number of hydrogen-bond acceptors (Lipinski definition) is 7. The molecule has 0 N–H and O–H groups in total. The zero-order valence-corrected chi connectivity index (χ0v) is 18.7. The third-order valence-electron chi connectivity index (χ3n) is 5.84. The van der Waals surface area contributed by atoms with E-state index in [1.165, 1.54) is 12.8 Å². The molecule has 1 amide bonds. The van der Waals surface area contributed by atoms with Crippen LogP contribution in [0, 0.1) is 20.8 Å². The van der Waals surface area contributed by atoms with Crippen LogP contribution in [0.2, 0.25) is 0 Å². The fourth-order valence-electron chi connectivity index (χ4n) is 4.05. The van der Waals surface area contributed by atoms with Crippen molar-refractivity contribution in [3.05, 3.63) is 38.0 Å². The maximum Gasteiger partial charge on any atom is 0.264 e. The summed E-state index contributed by atoms with van der Waals surface area (Å²) < 4.78 is 0. The fraction of sp³-hybridized carbons (Fsp3) is 0.524.